The monoisotopic (exact) mass is 299 g/mol. The molecular weight excluding hydrogens is 285 g/mol. The van der Waals surface area contributed by atoms with Gasteiger partial charge in [0, 0.05) is 17.6 Å². The number of hydrogen-bond acceptors (Lipinski definition) is 1. The second-order valence-corrected chi connectivity index (χ2v) is 4.82. The standard InChI is InChI=1S/C13H15BrFNO/c1-4-16(8-9(2)3)13(17)11-6-5-10(14)7-12(11)15/h5-7H,2,4,8H2,1,3H3. The van der Waals surface area contributed by atoms with Crippen LogP contribution in [0.3, 0.4) is 0 Å². The third-order valence-corrected chi connectivity index (χ3v) is 2.78. The summed E-state index contributed by atoms with van der Waals surface area (Å²) in [7, 11) is 0. The lowest BCUT2D eigenvalue weighted by Crippen LogP contribution is -2.32. The van der Waals surface area contributed by atoms with Gasteiger partial charge in [-0.25, -0.2) is 4.39 Å². The molecule has 0 aromatic heterocycles. The van der Waals surface area contributed by atoms with Crippen LogP contribution in [0.25, 0.3) is 0 Å². The molecule has 0 unspecified atom stereocenters. The molecule has 0 aliphatic rings. The highest BCUT2D eigenvalue weighted by Gasteiger charge is 2.17. The molecule has 0 aliphatic heterocycles. The molecule has 0 heterocycles. The second-order valence-electron chi connectivity index (χ2n) is 3.90. The van der Waals surface area contributed by atoms with Crippen LogP contribution in [0.15, 0.2) is 34.8 Å². The maximum absolute atomic E-state index is 13.6. The van der Waals surface area contributed by atoms with Crippen LogP contribution in [0.1, 0.15) is 24.2 Å². The van der Waals surface area contributed by atoms with E-state index in [1.165, 1.54) is 12.1 Å². The summed E-state index contributed by atoms with van der Waals surface area (Å²) in [6.45, 7) is 8.44. The van der Waals surface area contributed by atoms with Crippen molar-refractivity contribution >= 4 is 21.8 Å². The predicted octanol–water partition coefficient (Wildman–Crippen LogP) is 3.63. The van der Waals surface area contributed by atoms with Crippen molar-refractivity contribution in [2.75, 3.05) is 13.1 Å². The van der Waals surface area contributed by atoms with Gasteiger partial charge >= 0.3 is 0 Å². The van der Waals surface area contributed by atoms with Crippen molar-refractivity contribution in [1.29, 1.82) is 0 Å². The Balaban J connectivity index is 2.97. The summed E-state index contributed by atoms with van der Waals surface area (Å²) in [4.78, 5) is 13.6. The van der Waals surface area contributed by atoms with Crippen LogP contribution in [0.4, 0.5) is 4.39 Å². The minimum absolute atomic E-state index is 0.0938. The first kappa shape index (κ1) is 13.9. The number of carbonyl (C=O) groups excluding carboxylic acids is 1. The van der Waals surface area contributed by atoms with Crippen LogP contribution in [0.5, 0.6) is 0 Å². The van der Waals surface area contributed by atoms with Crippen molar-refractivity contribution < 1.29 is 9.18 Å². The van der Waals surface area contributed by atoms with Crippen LogP contribution < -0.4 is 0 Å². The molecule has 92 valence electrons. The van der Waals surface area contributed by atoms with Crippen molar-refractivity contribution in [2.24, 2.45) is 0 Å². The van der Waals surface area contributed by atoms with Crippen LogP contribution in [-0.2, 0) is 0 Å². The van der Waals surface area contributed by atoms with E-state index < -0.39 is 5.82 Å². The molecule has 0 radical (unpaired) electrons. The van der Waals surface area contributed by atoms with Gasteiger partial charge in [0.25, 0.3) is 5.91 Å². The molecule has 0 atom stereocenters. The summed E-state index contributed by atoms with van der Waals surface area (Å²) >= 11 is 3.16. The second kappa shape index (κ2) is 5.96. The fraction of sp³-hybridized carbons (Fsp3) is 0.308. The summed E-state index contributed by atoms with van der Waals surface area (Å²) in [6, 6.07) is 4.44. The summed E-state index contributed by atoms with van der Waals surface area (Å²) in [6.07, 6.45) is 0. The Kier molecular flexibility index (Phi) is 4.87. The Morgan fingerprint density at radius 2 is 2.18 bits per heavy atom. The van der Waals surface area contributed by atoms with Crippen molar-refractivity contribution in [3.8, 4) is 0 Å². The average molecular weight is 300 g/mol. The minimum Gasteiger partial charge on any atom is -0.335 e. The summed E-state index contributed by atoms with van der Waals surface area (Å²) in [5.41, 5.74) is 0.967. The Morgan fingerprint density at radius 3 is 2.65 bits per heavy atom. The third kappa shape index (κ3) is 3.66. The van der Waals surface area contributed by atoms with E-state index in [0.29, 0.717) is 17.6 Å². The van der Waals surface area contributed by atoms with Crippen molar-refractivity contribution in [3.05, 3.63) is 46.2 Å². The van der Waals surface area contributed by atoms with Crippen molar-refractivity contribution in [1.82, 2.24) is 4.90 Å². The highest BCUT2D eigenvalue weighted by Crippen LogP contribution is 2.17. The van der Waals surface area contributed by atoms with E-state index in [0.717, 1.165) is 5.57 Å². The van der Waals surface area contributed by atoms with E-state index >= 15 is 0 Å². The number of benzene rings is 1. The smallest absolute Gasteiger partial charge is 0.257 e. The van der Waals surface area contributed by atoms with Crippen LogP contribution in [0, 0.1) is 5.82 Å². The normalized spacial score (nSPS) is 10.1. The average Bonchev–Trinajstić information content (AvgIpc) is 2.24. The lowest BCUT2D eigenvalue weighted by atomic mass is 10.1. The predicted molar refractivity (Wildman–Crippen MR) is 70.5 cm³/mol. The van der Waals surface area contributed by atoms with Gasteiger partial charge in [-0.2, -0.15) is 0 Å². The van der Waals surface area contributed by atoms with Crippen LogP contribution in [0.2, 0.25) is 0 Å². The molecule has 1 aromatic carbocycles. The lowest BCUT2D eigenvalue weighted by Gasteiger charge is -2.21. The van der Waals surface area contributed by atoms with Gasteiger partial charge in [-0.05, 0) is 32.0 Å². The Bertz CT molecular complexity index is 445. The first-order valence-corrected chi connectivity index (χ1v) is 6.13. The van der Waals surface area contributed by atoms with Crippen LogP contribution >= 0.6 is 15.9 Å². The van der Waals surface area contributed by atoms with Gasteiger partial charge in [-0.1, -0.05) is 28.1 Å². The Morgan fingerprint density at radius 1 is 1.53 bits per heavy atom. The first-order valence-electron chi connectivity index (χ1n) is 5.34. The molecule has 0 saturated heterocycles. The van der Waals surface area contributed by atoms with E-state index in [1.54, 1.807) is 11.0 Å². The van der Waals surface area contributed by atoms with Gasteiger partial charge in [0.2, 0.25) is 0 Å². The van der Waals surface area contributed by atoms with Gasteiger partial charge in [0.05, 0.1) is 5.56 Å². The largest absolute Gasteiger partial charge is 0.335 e. The number of rotatable bonds is 4. The van der Waals surface area contributed by atoms with Gasteiger partial charge in [-0.15, -0.1) is 0 Å². The van der Waals surface area contributed by atoms with Crippen molar-refractivity contribution in [2.45, 2.75) is 13.8 Å². The zero-order valence-electron chi connectivity index (χ0n) is 9.96. The third-order valence-electron chi connectivity index (χ3n) is 2.29. The molecule has 0 fully saturated rings. The zero-order chi connectivity index (χ0) is 13.0. The SMILES string of the molecule is C=C(C)CN(CC)C(=O)c1ccc(Br)cc1F. The molecule has 2 nitrogen and oxygen atoms in total. The number of halogens is 2. The minimum atomic E-state index is -0.510. The quantitative estimate of drug-likeness (QED) is 0.778. The number of hydrogen-bond donors (Lipinski definition) is 0. The molecule has 1 amide bonds. The van der Waals surface area contributed by atoms with Gasteiger partial charge in [0.1, 0.15) is 5.82 Å². The molecule has 0 aliphatic carbocycles. The van der Waals surface area contributed by atoms with Gasteiger partial charge in [-0.3, -0.25) is 4.79 Å². The summed E-state index contributed by atoms with van der Waals surface area (Å²) in [5, 5.41) is 0. The Labute approximate surface area is 109 Å². The number of carbonyl (C=O) groups is 1. The molecule has 17 heavy (non-hydrogen) atoms. The molecule has 0 bridgehead atoms. The molecule has 1 rings (SSSR count). The summed E-state index contributed by atoms with van der Waals surface area (Å²) in [5.74, 6) is -0.815. The number of amides is 1. The van der Waals surface area contributed by atoms with E-state index in [4.69, 9.17) is 0 Å². The lowest BCUT2D eigenvalue weighted by molar-refractivity contribution is 0.0773. The zero-order valence-corrected chi connectivity index (χ0v) is 11.6. The number of likely N-dealkylation sites (N-methyl/N-ethyl adjacent to an activating group) is 1. The van der Waals surface area contributed by atoms with Crippen molar-refractivity contribution in [3.63, 3.8) is 0 Å². The van der Waals surface area contributed by atoms with E-state index in [2.05, 4.69) is 22.5 Å². The molecule has 0 spiro atoms. The summed E-state index contributed by atoms with van der Waals surface area (Å²) < 4.78 is 14.3. The highest BCUT2D eigenvalue weighted by atomic mass is 79.9. The molecular formula is C13H15BrFNO. The topological polar surface area (TPSA) is 20.3 Å². The van der Waals surface area contributed by atoms with Gasteiger partial charge < -0.3 is 4.90 Å². The molecule has 1 aromatic rings. The fourth-order valence-electron chi connectivity index (χ4n) is 1.49. The van der Waals surface area contributed by atoms with Crippen LogP contribution in [-0.4, -0.2) is 23.9 Å². The van der Waals surface area contributed by atoms with Gasteiger partial charge in [0.15, 0.2) is 0 Å². The van der Waals surface area contributed by atoms with E-state index in [1.807, 2.05) is 13.8 Å². The fourth-order valence-corrected chi connectivity index (χ4v) is 1.82. The number of nitrogens with zero attached hydrogens (tertiary/aromatic N) is 1. The Hall–Kier alpha value is -1.16. The maximum atomic E-state index is 13.6. The maximum Gasteiger partial charge on any atom is 0.257 e. The molecule has 0 N–H and O–H groups in total. The molecule has 4 heteroatoms. The molecule has 0 saturated carbocycles. The van der Waals surface area contributed by atoms with E-state index in [-0.39, 0.29) is 11.5 Å². The van der Waals surface area contributed by atoms with E-state index in [9.17, 15) is 9.18 Å². The first-order chi connectivity index (χ1) is 7.95. The highest BCUT2D eigenvalue weighted by molar-refractivity contribution is 9.10.